The molecule has 0 saturated heterocycles. The third kappa shape index (κ3) is 4.39. The number of thiophene rings is 1. The maximum atomic E-state index is 13.2. The molecule has 2 heterocycles. The molecule has 3 aromatic rings. The van der Waals surface area contributed by atoms with Crippen LogP contribution in [-0.4, -0.2) is 25.9 Å². The normalized spacial score (nSPS) is 14.8. The van der Waals surface area contributed by atoms with E-state index in [0.29, 0.717) is 11.7 Å². The fourth-order valence-electron chi connectivity index (χ4n) is 2.81. The number of rotatable bonds is 7. The number of carbonyl (C=O) groups excluding carboxylic acids is 1. The van der Waals surface area contributed by atoms with E-state index >= 15 is 0 Å². The van der Waals surface area contributed by atoms with E-state index in [0.717, 1.165) is 30.2 Å². The van der Waals surface area contributed by atoms with Crippen LogP contribution in [0.4, 0.5) is 10.1 Å². The molecule has 28 heavy (non-hydrogen) atoms. The highest BCUT2D eigenvalue weighted by atomic mass is 35.5. The summed E-state index contributed by atoms with van der Waals surface area (Å²) < 4.78 is 15.3. The van der Waals surface area contributed by atoms with Crippen molar-refractivity contribution in [3.8, 4) is 0 Å². The van der Waals surface area contributed by atoms with Crippen molar-refractivity contribution in [2.45, 2.75) is 42.6 Å². The standard InChI is InChI=1S/C19H18ClFN4OS2/c1-11(18(26)22-16-7-4-12(21)9-15(16)20)28-19-24-23-17(25(19)13-5-6-13)10-14-3-2-8-27-14/h2-4,7-9,11,13H,5-6,10H2,1H3,(H,22,26). The molecule has 1 N–H and O–H groups in total. The van der Waals surface area contributed by atoms with E-state index in [2.05, 4.69) is 31.5 Å². The van der Waals surface area contributed by atoms with Gasteiger partial charge in [0.15, 0.2) is 5.16 Å². The van der Waals surface area contributed by atoms with Gasteiger partial charge in [-0.05, 0) is 49.4 Å². The van der Waals surface area contributed by atoms with Crippen LogP contribution < -0.4 is 5.32 Å². The number of amides is 1. The quantitative estimate of drug-likeness (QED) is 0.518. The van der Waals surface area contributed by atoms with Crippen LogP contribution in [0.5, 0.6) is 0 Å². The number of halogens is 2. The Morgan fingerprint density at radius 3 is 2.93 bits per heavy atom. The molecule has 0 radical (unpaired) electrons. The number of benzene rings is 1. The molecule has 2 aromatic heterocycles. The molecule has 1 aliphatic carbocycles. The van der Waals surface area contributed by atoms with E-state index in [1.54, 1.807) is 11.3 Å². The molecule has 146 valence electrons. The molecule has 1 amide bonds. The smallest absolute Gasteiger partial charge is 0.237 e. The van der Waals surface area contributed by atoms with Crippen molar-refractivity contribution in [3.63, 3.8) is 0 Å². The number of nitrogens with zero attached hydrogens (tertiary/aromatic N) is 3. The van der Waals surface area contributed by atoms with Crippen LogP contribution >= 0.6 is 34.7 Å². The van der Waals surface area contributed by atoms with Gasteiger partial charge in [-0.1, -0.05) is 29.4 Å². The first-order valence-electron chi connectivity index (χ1n) is 8.90. The monoisotopic (exact) mass is 436 g/mol. The summed E-state index contributed by atoms with van der Waals surface area (Å²) in [5.41, 5.74) is 0.391. The molecule has 5 nitrogen and oxygen atoms in total. The van der Waals surface area contributed by atoms with Gasteiger partial charge < -0.3 is 9.88 Å². The van der Waals surface area contributed by atoms with E-state index in [4.69, 9.17) is 11.6 Å². The van der Waals surface area contributed by atoms with E-state index in [1.165, 1.54) is 34.8 Å². The molecule has 9 heteroatoms. The number of thioether (sulfide) groups is 1. The Balaban J connectivity index is 1.47. The first-order valence-corrected chi connectivity index (χ1v) is 11.0. The van der Waals surface area contributed by atoms with Crippen LogP contribution in [0.3, 0.4) is 0 Å². The molecule has 1 fully saturated rings. The summed E-state index contributed by atoms with van der Waals surface area (Å²) in [6, 6.07) is 8.43. The summed E-state index contributed by atoms with van der Waals surface area (Å²) in [5.74, 6) is 0.270. The summed E-state index contributed by atoms with van der Waals surface area (Å²) in [6.45, 7) is 1.81. The number of carbonyl (C=O) groups is 1. The lowest BCUT2D eigenvalue weighted by molar-refractivity contribution is -0.115. The minimum Gasteiger partial charge on any atom is -0.324 e. The van der Waals surface area contributed by atoms with Crippen LogP contribution in [0, 0.1) is 5.82 Å². The second kappa shape index (κ2) is 8.23. The first kappa shape index (κ1) is 19.4. The van der Waals surface area contributed by atoms with Gasteiger partial charge in [0.2, 0.25) is 5.91 Å². The van der Waals surface area contributed by atoms with Crippen molar-refractivity contribution < 1.29 is 9.18 Å². The van der Waals surface area contributed by atoms with Crippen molar-refractivity contribution in [2.75, 3.05) is 5.32 Å². The summed E-state index contributed by atoms with van der Waals surface area (Å²) in [7, 11) is 0. The summed E-state index contributed by atoms with van der Waals surface area (Å²) in [6.07, 6.45) is 2.96. The second-order valence-corrected chi connectivity index (χ2v) is 9.38. The average molecular weight is 437 g/mol. The van der Waals surface area contributed by atoms with Crippen LogP contribution in [0.15, 0.2) is 40.9 Å². The third-order valence-electron chi connectivity index (χ3n) is 4.40. The molecular formula is C19H18ClFN4OS2. The molecular weight excluding hydrogens is 419 g/mol. The van der Waals surface area contributed by atoms with Crippen molar-refractivity contribution in [2.24, 2.45) is 0 Å². The molecule has 4 rings (SSSR count). The van der Waals surface area contributed by atoms with Gasteiger partial charge in [-0.15, -0.1) is 21.5 Å². The van der Waals surface area contributed by atoms with Gasteiger partial charge in [-0.2, -0.15) is 0 Å². The Morgan fingerprint density at radius 2 is 2.25 bits per heavy atom. The molecule has 0 bridgehead atoms. The predicted octanol–water partition coefficient (Wildman–Crippen LogP) is 5.18. The van der Waals surface area contributed by atoms with Gasteiger partial charge in [-0.25, -0.2) is 4.39 Å². The molecule has 1 saturated carbocycles. The van der Waals surface area contributed by atoms with Crippen molar-refractivity contribution in [3.05, 3.63) is 57.3 Å². The summed E-state index contributed by atoms with van der Waals surface area (Å²) in [5, 5.41) is 14.0. The Hall–Kier alpha value is -1.90. The molecule has 1 atom stereocenters. The SMILES string of the molecule is CC(Sc1nnc(Cc2cccs2)n1C1CC1)C(=O)Nc1ccc(F)cc1Cl. The van der Waals surface area contributed by atoms with Crippen LogP contribution in [0.2, 0.25) is 5.02 Å². The van der Waals surface area contributed by atoms with Gasteiger partial charge in [0.05, 0.1) is 16.0 Å². The highest BCUT2D eigenvalue weighted by Gasteiger charge is 2.31. The van der Waals surface area contributed by atoms with E-state index < -0.39 is 11.1 Å². The maximum absolute atomic E-state index is 13.2. The second-order valence-electron chi connectivity index (χ2n) is 6.63. The lowest BCUT2D eigenvalue weighted by atomic mass is 10.3. The highest BCUT2D eigenvalue weighted by Crippen LogP contribution is 2.40. The molecule has 1 unspecified atom stereocenters. The zero-order valence-corrected chi connectivity index (χ0v) is 17.5. The largest absolute Gasteiger partial charge is 0.324 e. The predicted molar refractivity (Wildman–Crippen MR) is 111 cm³/mol. The highest BCUT2D eigenvalue weighted by molar-refractivity contribution is 8.00. The van der Waals surface area contributed by atoms with Crippen molar-refractivity contribution in [1.82, 2.24) is 14.8 Å². The van der Waals surface area contributed by atoms with Crippen molar-refractivity contribution in [1.29, 1.82) is 0 Å². The Bertz CT molecular complexity index is 988. The molecule has 1 aliphatic rings. The number of hydrogen-bond donors (Lipinski definition) is 1. The number of anilines is 1. The average Bonchev–Trinajstić information content (AvgIpc) is 3.22. The van der Waals surface area contributed by atoms with Gasteiger partial charge in [-0.3, -0.25) is 4.79 Å². The Morgan fingerprint density at radius 1 is 1.43 bits per heavy atom. The van der Waals surface area contributed by atoms with Gasteiger partial charge in [0, 0.05) is 17.3 Å². The summed E-state index contributed by atoms with van der Waals surface area (Å²) >= 11 is 9.07. The van der Waals surface area contributed by atoms with Gasteiger partial charge in [0.1, 0.15) is 11.6 Å². The van der Waals surface area contributed by atoms with E-state index in [9.17, 15) is 9.18 Å². The van der Waals surface area contributed by atoms with E-state index in [-0.39, 0.29) is 10.9 Å². The zero-order chi connectivity index (χ0) is 19.7. The van der Waals surface area contributed by atoms with Crippen LogP contribution in [0.1, 0.15) is 36.5 Å². The number of aromatic nitrogens is 3. The Kier molecular flexibility index (Phi) is 5.70. The van der Waals surface area contributed by atoms with Crippen LogP contribution in [0.25, 0.3) is 0 Å². The van der Waals surface area contributed by atoms with E-state index in [1.807, 2.05) is 13.0 Å². The lowest BCUT2D eigenvalue weighted by Crippen LogP contribution is -2.23. The van der Waals surface area contributed by atoms with Gasteiger partial charge >= 0.3 is 0 Å². The molecule has 1 aromatic carbocycles. The molecule has 0 spiro atoms. The number of nitrogens with one attached hydrogen (secondary N) is 1. The minimum absolute atomic E-state index is 0.171. The third-order valence-corrected chi connectivity index (χ3v) is 6.65. The van der Waals surface area contributed by atoms with Crippen molar-refractivity contribution >= 4 is 46.3 Å². The first-order chi connectivity index (χ1) is 13.5. The summed E-state index contributed by atoms with van der Waals surface area (Å²) in [4.78, 5) is 13.8. The van der Waals surface area contributed by atoms with Gasteiger partial charge in [0.25, 0.3) is 0 Å². The Labute approximate surface area is 175 Å². The zero-order valence-electron chi connectivity index (χ0n) is 15.1. The fourth-order valence-corrected chi connectivity index (χ4v) is 4.67. The van der Waals surface area contributed by atoms with Crippen LogP contribution in [-0.2, 0) is 11.2 Å². The number of hydrogen-bond acceptors (Lipinski definition) is 5. The maximum Gasteiger partial charge on any atom is 0.237 e. The molecule has 0 aliphatic heterocycles. The minimum atomic E-state index is -0.443. The lowest BCUT2D eigenvalue weighted by Gasteiger charge is -2.14. The fraction of sp³-hybridized carbons (Fsp3) is 0.316. The topological polar surface area (TPSA) is 59.8 Å².